The van der Waals surface area contributed by atoms with Gasteiger partial charge in [0.05, 0.1) is 31.2 Å². The molecule has 0 amide bonds. The lowest BCUT2D eigenvalue weighted by molar-refractivity contribution is -0.0639. The van der Waals surface area contributed by atoms with Gasteiger partial charge >= 0.3 is 0 Å². The molecule has 1 fully saturated rings. The topological polar surface area (TPSA) is 63.1 Å². The van der Waals surface area contributed by atoms with E-state index in [-0.39, 0.29) is 12.4 Å². The third kappa shape index (κ3) is 3.70. The molecule has 0 radical (unpaired) electrons. The van der Waals surface area contributed by atoms with E-state index in [2.05, 4.69) is 25.8 Å². The van der Waals surface area contributed by atoms with Crippen LogP contribution in [0.1, 0.15) is 17.4 Å². The van der Waals surface area contributed by atoms with Crippen molar-refractivity contribution in [3.8, 4) is 5.75 Å². The second-order valence-corrected chi connectivity index (χ2v) is 6.53. The van der Waals surface area contributed by atoms with E-state index in [4.69, 9.17) is 14.5 Å². The molecule has 0 spiro atoms. The summed E-state index contributed by atoms with van der Waals surface area (Å²) >= 11 is 0. The van der Waals surface area contributed by atoms with Gasteiger partial charge in [0.2, 0.25) is 0 Å². The van der Waals surface area contributed by atoms with Crippen LogP contribution < -0.4 is 4.74 Å². The lowest BCUT2D eigenvalue weighted by Crippen LogP contribution is -2.50. The Bertz CT molecular complexity index is 839. The summed E-state index contributed by atoms with van der Waals surface area (Å²) < 4.78 is 11.6. The first-order valence-corrected chi connectivity index (χ1v) is 8.99. The summed E-state index contributed by atoms with van der Waals surface area (Å²) in [5.74, 6) is 0.853. The van der Waals surface area contributed by atoms with Gasteiger partial charge in [0.25, 0.3) is 0 Å². The molecule has 0 bridgehead atoms. The van der Waals surface area contributed by atoms with Crippen molar-refractivity contribution in [2.24, 2.45) is 4.99 Å². The van der Waals surface area contributed by atoms with E-state index in [1.54, 1.807) is 19.6 Å². The number of aromatic nitrogens is 2. The quantitative estimate of drug-likeness (QED) is 0.827. The molecule has 4 rings (SSSR count). The third-order valence-electron chi connectivity index (χ3n) is 4.84. The van der Waals surface area contributed by atoms with Crippen molar-refractivity contribution in [3.05, 3.63) is 66.4 Å². The standard InChI is InChI=1S/C20H23N5O2/c1-24-10-8-17(16-7-9-21-14-22-16)23-20(24)25-11-12-27-19(13-25)15-5-3-4-6-18(15)26-2/h3-10,14,19-20H,11-13H2,1-2H3/t19?,20-/m1/s1. The Balaban J connectivity index is 1.57. The zero-order valence-corrected chi connectivity index (χ0v) is 15.5. The number of allylic oxidation sites excluding steroid dienone is 1. The maximum atomic E-state index is 6.05. The molecule has 7 heteroatoms. The first kappa shape index (κ1) is 17.6. The number of rotatable bonds is 4. The molecule has 140 valence electrons. The Labute approximate surface area is 159 Å². The monoisotopic (exact) mass is 365 g/mol. The van der Waals surface area contributed by atoms with E-state index in [0.29, 0.717) is 6.61 Å². The molecule has 1 aromatic heterocycles. The summed E-state index contributed by atoms with van der Waals surface area (Å²) in [7, 11) is 3.73. The van der Waals surface area contributed by atoms with E-state index in [1.165, 1.54) is 0 Å². The van der Waals surface area contributed by atoms with Crippen LogP contribution in [-0.4, -0.2) is 65.6 Å². The minimum atomic E-state index is -0.0962. The Kier molecular flexibility index (Phi) is 5.13. The normalized spacial score (nSPS) is 23.2. The minimum Gasteiger partial charge on any atom is -0.496 e. The number of ether oxygens (including phenoxy) is 2. The van der Waals surface area contributed by atoms with Crippen LogP contribution >= 0.6 is 0 Å². The molecule has 1 aromatic carbocycles. The summed E-state index contributed by atoms with van der Waals surface area (Å²) in [6, 6.07) is 9.90. The number of nitrogens with zero attached hydrogens (tertiary/aromatic N) is 5. The molecule has 0 saturated carbocycles. The second kappa shape index (κ2) is 7.85. The molecule has 2 aromatic rings. The van der Waals surface area contributed by atoms with E-state index >= 15 is 0 Å². The zero-order valence-electron chi connectivity index (χ0n) is 15.5. The molecule has 27 heavy (non-hydrogen) atoms. The maximum absolute atomic E-state index is 6.05. The number of hydrogen-bond donors (Lipinski definition) is 0. The summed E-state index contributed by atoms with van der Waals surface area (Å²) in [5.41, 5.74) is 2.76. The van der Waals surface area contributed by atoms with Crippen LogP contribution in [0.15, 0.2) is 60.1 Å². The van der Waals surface area contributed by atoms with Crippen molar-refractivity contribution < 1.29 is 9.47 Å². The molecule has 2 atom stereocenters. The average Bonchev–Trinajstić information content (AvgIpc) is 2.75. The van der Waals surface area contributed by atoms with Gasteiger partial charge in [0.1, 0.15) is 12.1 Å². The van der Waals surface area contributed by atoms with Crippen LogP contribution in [0.4, 0.5) is 0 Å². The lowest BCUT2D eigenvalue weighted by Gasteiger charge is -2.41. The molecule has 2 aliphatic rings. The van der Waals surface area contributed by atoms with Gasteiger partial charge in [-0.25, -0.2) is 15.0 Å². The van der Waals surface area contributed by atoms with Gasteiger partial charge in [-0.2, -0.15) is 0 Å². The van der Waals surface area contributed by atoms with Gasteiger partial charge in [-0.15, -0.1) is 0 Å². The smallest absolute Gasteiger partial charge is 0.178 e. The molecule has 7 nitrogen and oxygen atoms in total. The summed E-state index contributed by atoms with van der Waals surface area (Å²) in [4.78, 5) is 17.7. The number of methoxy groups -OCH3 is 1. The zero-order chi connectivity index (χ0) is 18.6. The second-order valence-electron chi connectivity index (χ2n) is 6.53. The number of hydrogen-bond acceptors (Lipinski definition) is 7. The Morgan fingerprint density at radius 1 is 1.22 bits per heavy atom. The van der Waals surface area contributed by atoms with Crippen molar-refractivity contribution in [1.82, 2.24) is 19.8 Å². The van der Waals surface area contributed by atoms with Crippen LogP contribution in [0.3, 0.4) is 0 Å². The highest BCUT2D eigenvalue weighted by atomic mass is 16.5. The summed E-state index contributed by atoms with van der Waals surface area (Å²) in [5, 5.41) is 0. The maximum Gasteiger partial charge on any atom is 0.178 e. The molecule has 0 N–H and O–H groups in total. The molecule has 3 heterocycles. The Morgan fingerprint density at radius 3 is 2.93 bits per heavy atom. The SMILES string of the molecule is COc1ccccc1C1CN([C@@H]2N=C(c3ccncn3)C=CN2C)CCO1. The summed E-state index contributed by atoms with van der Waals surface area (Å²) in [6.45, 7) is 2.20. The van der Waals surface area contributed by atoms with Crippen molar-refractivity contribution in [3.63, 3.8) is 0 Å². The van der Waals surface area contributed by atoms with Gasteiger partial charge in [-0.05, 0) is 18.2 Å². The molecule has 1 saturated heterocycles. The van der Waals surface area contributed by atoms with Crippen molar-refractivity contribution in [1.29, 1.82) is 0 Å². The first-order chi connectivity index (χ1) is 13.3. The van der Waals surface area contributed by atoms with Crippen LogP contribution in [-0.2, 0) is 4.74 Å². The fourth-order valence-electron chi connectivity index (χ4n) is 3.46. The summed E-state index contributed by atoms with van der Waals surface area (Å²) in [6.07, 6.45) is 7.16. The highest BCUT2D eigenvalue weighted by molar-refractivity contribution is 6.07. The minimum absolute atomic E-state index is 0.0492. The van der Waals surface area contributed by atoms with Gasteiger partial charge in [-0.1, -0.05) is 18.2 Å². The van der Waals surface area contributed by atoms with Gasteiger partial charge in [0.15, 0.2) is 6.29 Å². The molecule has 1 unspecified atom stereocenters. The number of benzene rings is 1. The number of para-hydroxylation sites is 1. The van der Waals surface area contributed by atoms with Crippen molar-refractivity contribution in [2.45, 2.75) is 12.4 Å². The third-order valence-corrected chi connectivity index (χ3v) is 4.84. The van der Waals surface area contributed by atoms with Crippen LogP contribution in [0.5, 0.6) is 5.75 Å². The Hall–Kier alpha value is -2.77. The van der Waals surface area contributed by atoms with Crippen LogP contribution in [0.2, 0.25) is 0 Å². The fraction of sp³-hybridized carbons (Fsp3) is 0.350. The van der Waals surface area contributed by atoms with Crippen LogP contribution in [0.25, 0.3) is 0 Å². The highest BCUT2D eigenvalue weighted by Crippen LogP contribution is 2.31. The van der Waals surface area contributed by atoms with E-state index in [9.17, 15) is 0 Å². The molecule has 2 aliphatic heterocycles. The first-order valence-electron chi connectivity index (χ1n) is 8.99. The Morgan fingerprint density at radius 2 is 2.11 bits per heavy atom. The molecule has 0 aliphatic carbocycles. The fourth-order valence-corrected chi connectivity index (χ4v) is 3.46. The number of morpholine rings is 1. The van der Waals surface area contributed by atoms with Crippen molar-refractivity contribution >= 4 is 5.71 Å². The van der Waals surface area contributed by atoms with Crippen LogP contribution in [0, 0.1) is 0 Å². The van der Waals surface area contributed by atoms with Gasteiger partial charge < -0.3 is 14.4 Å². The molecular formula is C20H23N5O2. The van der Waals surface area contributed by atoms with Gasteiger partial charge in [-0.3, -0.25) is 4.90 Å². The van der Waals surface area contributed by atoms with E-state index in [0.717, 1.165) is 35.8 Å². The predicted octanol–water partition coefficient (Wildman–Crippen LogP) is 2.09. The van der Waals surface area contributed by atoms with E-state index < -0.39 is 0 Å². The lowest BCUT2D eigenvalue weighted by atomic mass is 10.1. The molecular weight excluding hydrogens is 342 g/mol. The predicted molar refractivity (Wildman–Crippen MR) is 103 cm³/mol. The largest absolute Gasteiger partial charge is 0.496 e. The van der Waals surface area contributed by atoms with Crippen molar-refractivity contribution in [2.75, 3.05) is 33.9 Å². The number of aliphatic imine (C=N–C) groups is 1. The highest BCUT2D eigenvalue weighted by Gasteiger charge is 2.31. The van der Waals surface area contributed by atoms with Gasteiger partial charge in [0, 0.05) is 38.1 Å². The average molecular weight is 365 g/mol. The van der Waals surface area contributed by atoms with E-state index in [1.807, 2.05) is 43.6 Å².